The van der Waals surface area contributed by atoms with E-state index in [0.29, 0.717) is 11.1 Å². The zero-order valence-corrected chi connectivity index (χ0v) is 13.2. The molecule has 4 rings (SSSR count). The van der Waals surface area contributed by atoms with Crippen molar-refractivity contribution in [1.82, 2.24) is 9.88 Å². The van der Waals surface area contributed by atoms with E-state index in [1.165, 1.54) is 11.1 Å². The van der Waals surface area contributed by atoms with Gasteiger partial charge in [-0.15, -0.1) is 0 Å². The van der Waals surface area contributed by atoms with Crippen molar-refractivity contribution < 1.29 is 9.18 Å². The topological polar surface area (TPSA) is 71.6 Å². The van der Waals surface area contributed by atoms with Gasteiger partial charge in [0, 0.05) is 18.8 Å². The SMILES string of the molecule is CN1C(=O)[C@](c2cccc(-c3cccnc3F)c2)(C2CC2)N=C1N. The fraction of sp³-hybridized carbons (Fsp3) is 0.278. The average Bonchev–Trinajstić information content (AvgIpc) is 3.41. The lowest BCUT2D eigenvalue weighted by atomic mass is 9.83. The molecule has 1 aliphatic carbocycles. The Morgan fingerprint density at radius 1 is 1.29 bits per heavy atom. The summed E-state index contributed by atoms with van der Waals surface area (Å²) in [6.07, 6.45) is 3.28. The van der Waals surface area contributed by atoms with Gasteiger partial charge < -0.3 is 5.73 Å². The van der Waals surface area contributed by atoms with Crippen LogP contribution in [0.2, 0.25) is 0 Å². The molecule has 2 heterocycles. The van der Waals surface area contributed by atoms with E-state index in [9.17, 15) is 9.18 Å². The predicted molar refractivity (Wildman–Crippen MR) is 88.4 cm³/mol. The van der Waals surface area contributed by atoms with Gasteiger partial charge in [0.1, 0.15) is 0 Å². The van der Waals surface area contributed by atoms with Crippen LogP contribution in [0.15, 0.2) is 47.6 Å². The normalized spacial score (nSPS) is 23.5. The van der Waals surface area contributed by atoms with E-state index in [0.717, 1.165) is 18.4 Å². The molecule has 5 nitrogen and oxygen atoms in total. The van der Waals surface area contributed by atoms with Gasteiger partial charge in [0.25, 0.3) is 5.91 Å². The number of nitrogens with zero attached hydrogens (tertiary/aromatic N) is 3. The number of carbonyl (C=O) groups excluding carboxylic acids is 1. The fourth-order valence-electron chi connectivity index (χ4n) is 3.38. The maximum Gasteiger partial charge on any atom is 0.261 e. The van der Waals surface area contributed by atoms with Crippen molar-refractivity contribution in [3.05, 3.63) is 54.1 Å². The second-order valence-corrected chi connectivity index (χ2v) is 6.30. The van der Waals surface area contributed by atoms with Crippen molar-refractivity contribution in [2.45, 2.75) is 18.4 Å². The summed E-state index contributed by atoms with van der Waals surface area (Å²) < 4.78 is 14.0. The van der Waals surface area contributed by atoms with Gasteiger partial charge in [-0.3, -0.25) is 9.69 Å². The average molecular weight is 324 g/mol. The van der Waals surface area contributed by atoms with Gasteiger partial charge in [-0.1, -0.05) is 18.2 Å². The Hall–Kier alpha value is -2.76. The van der Waals surface area contributed by atoms with Crippen LogP contribution in [-0.2, 0) is 10.3 Å². The lowest BCUT2D eigenvalue weighted by Crippen LogP contribution is -2.41. The summed E-state index contributed by atoms with van der Waals surface area (Å²) in [5, 5.41) is 0. The Morgan fingerprint density at radius 3 is 2.71 bits per heavy atom. The molecule has 6 heteroatoms. The van der Waals surface area contributed by atoms with Crippen molar-refractivity contribution in [2.75, 3.05) is 7.05 Å². The van der Waals surface area contributed by atoms with Gasteiger partial charge in [-0.05, 0) is 48.1 Å². The molecule has 2 aromatic rings. The molecule has 1 aromatic carbocycles. The van der Waals surface area contributed by atoms with Crippen molar-refractivity contribution >= 4 is 11.9 Å². The van der Waals surface area contributed by atoms with E-state index in [4.69, 9.17) is 5.73 Å². The number of carbonyl (C=O) groups is 1. The van der Waals surface area contributed by atoms with Crippen LogP contribution in [-0.4, -0.2) is 28.8 Å². The van der Waals surface area contributed by atoms with Gasteiger partial charge in [-0.2, -0.15) is 4.39 Å². The molecule has 0 spiro atoms. The summed E-state index contributed by atoms with van der Waals surface area (Å²) in [5.41, 5.74) is 6.76. The second kappa shape index (κ2) is 5.12. The van der Waals surface area contributed by atoms with Crippen molar-refractivity contribution in [3.63, 3.8) is 0 Å². The highest BCUT2D eigenvalue weighted by Gasteiger charge is 2.57. The Labute approximate surface area is 139 Å². The molecule has 24 heavy (non-hydrogen) atoms. The van der Waals surface area contributed by atoms with Crippen LogP contribution in [0.1, 0.15) is 18.4 Å². The van der Waals surface area contributed by atoms with Crippen LogP contribution in [0, 0.1) is 11.9 Å². The summed E-state index contributed by atoms with van der Waals surface area (Å²) >= 11 is 0. The quantitative estimate of drug-likeness (QED) is 0.881. The third-order valence-corrected chi connectivity index (χ3v) is 4.81. The number of nitrogens with two attached hydrogens (primary N) is 1. The molecule has 122 valence electrons. The van der Waals surface area contributed by atoms with Crippen LogP contribution < -0.4 is 5.73 Å². The fourth-order valence-corrected chi connectivity index (χ4v) is 3.38. The predicted octanol–water partition coefficient (Wildman–Crippen LogP) is 2.28. The second-order valence-electron chi connectivity index (χ2n) is 6.30. The minimum atomic E-state index is -0.979. The number of pyridine rings is 1. The molecule has 1 aromatic heterocycles. The molecule has 1 atom stereocenters. The van der Waals surface area contributed by atoms with Crippen LogP contribution in [0.5, 0.6) is 0 Å². The number of aromatic nitrogens is 1. The van der Waals surface area contributed by atoms with E-state index >= 15 is 0 Å². The number of benzene rings is 1. The Bertz CT molecular complexity index is 862. The first-order valence-electron chi connectivity index (χ1n) is 7.89. The molecule has 1 amide bonds. The Morgan fingerprint density at radius 2 is 2.08 bits per heavy atom. The first-order valence-corrected chi connectivity index (χ1v) is 7.89. The lowest BCUT2D eigenvalue weighted by Gasteiger charge is -2.25. The molecule has 2 aliphatic rings. The number of aliphatic imine (C=N–C) groups is 1. The van der Waals surface area contributed by atoms with Crippen LogP contribution in [0.25, 0.3) is 11.1 Å². The van der Waals surface area contributed by atoms with Crippen LogP contribution in [0.4, 0.5) is 4.39 Å². The number of guanidine groups is 1. The summed E-state index contributed by atoms with van der Waals surface area (Å²) in [6, 6.07) is 10.7. The molecule has 0 bridgehead atoms. The van der Waals surface area contributed by atoms with Gasteiger partial charge in [0.15, 0.2) is 11.5 Å². The van der Waals surface area contributed by atoms with E-state index in [1.54, 1.807) is 25.2 Å². The third kappa shape index (κ3) is 2.02. The largest absolute Gasteiger partial charge is 0.369 e. The molecule has 0 radical (unpaired) electrons. The number of amides is 1. The van der Waals surface area contributed by atoms with Gasteiger partial charge in [0.05, 0.1) is 0 Å². The zero-order valence-electron chi connectivity index (χ0n) is 13.2. The molecule has 0 unspecified atom stereocenters. The maximum atomic E-state index is 14.0. The monoisotopic (exact) mass is 324 g/mol. The molecular weight excluding hydrogens is 307 g/mol. The van der Waals surface area contributed by atoms with E-state index < -0.39 is 11.5 Å². The van der Waals surface area contributed by atoms with Crippen LogP contribution >= 0.6 is 0 Å². The van der Waals surface area contributed by atoms with Gasteiger partial charge >= 0.3 is 0 Å². The van der Waals surface area contributed by atoms with E-state index in [1.807, 2.05) is 18.2 Å². The highest BCUT2D eigenvalue weighted by atomic mass is 19.1. The molecule has 1 fully saturated rings. The standard InChI is InChI=1S/C18H17FN4O/c1-23-16(24)18(12-7-8-12,22-17(23)20)13-5-2-4-11(10-13)14-6-3-9-21-15(14)19/h2-6,9-10,12H,7-8H2,1H3,(H2,20,22)/t18-/m1/s1. The molecule has 2 N–H and O–H groups in total. The molecule has 0 saturated heterocycles. The van der Waals surface area contributed by atoms with E-state index in [2.05, 4.69) is 9.98 Å². The molecule has 1 aliphatic heterocycles. The maximum absolute atomic E-state index is 14.0. The minimum Gasteiger partial charge on any atom is -0.369 e. The third-order valence-electron chi connectivity index (χ3n) is 4.81. The van der Waals surface area contributed by atoms with E-state index in [-0.39, 0.29) is 17.8 Å². The number of rotatable bonds is 3. The number of halogens is 1. The molecule has 1 saturated carbocycles. The smallest absolute Gasteiger partial charge is 0.261 e. The Balaban J connectivity index is 1.86. The first-order chi connectivity index (χ1) is 11.5. The zero-order chi connectivity index (χ0) is 16.9. The molecular formula is C18H17FN4O. The number of likely N-dealkylation sites (N-methyl/N-ethyl adjacent to an activating group) is 1. The highest BCUT2D eigenvalue weighted by Crippen LogP contribution is 2.51. The number of hydrogen-bond acceptors (Lipinski definition) is 4. The van der Waals surface area contributed by atoms with Gasteiger partial charge in [0.2, 0.25) is 5.95 Å². The summed E-state index contributed by atoms with van der Waals surface area (Å²) in [4.78, 5) is 22.5. The number of hydrogen-bond donors (Lipinski definition) is 1. The van der Waals surface area contributed by atoms with Crippen LogP contribution in [0.3, 0.4) is 0 Å². The minimum absolute atomic E-state index is 0.119. The first kappa shape index (κ1) is 14.8. The summed E-state index contributed by atoms with van der Waals surface area (Å²) in [5.74, 6) is -0.285. The Kier molecular flexibility index (Phi) is 3.16. The summed E-state index contributed by atoms with van der Waals surface area (Å²) in [7, 11) is 1.63. The van der Waals surface area contributed by atoms with Crippen molar-refractivity contribution in [2.24, 2.45) is 16.6 Å². The van der Waals surface area contributed by atoms with Crippen molar-refractivity contribution in [1.29, 1.82) is 0 Å². The van der Waals surface area contributed by atoms with Crippen molar-refractivity contribution in [3.8, 4) is 11.1 Å². The highest BCUT2D eigenvalue weighted by molar-refractivity contribution is 6.07. The lowest BCUT2D eigenvalue weighted by molar-refractivity contribution is -0.131. The van der Waals surface area contributed by atoms with Gasteiger partial charge in [-0.25, -0.2) is 9.98 Å². The summed E-state index contributed by atoms with van der Waals surface area (Å²) in [6.45, 7) is 0.